The molecule has 4 heteroatoms. The Morgan fingerprint density at radius 1 is 1.16 bits per heavy atom. The van der Waals surface area contributed by atoms with Gasteiger partial charge in [0.05, 0.1) is 16.2 Å². The standard InChI is InChI=1S/C21H26O3S/c1-13(2)19(22)24-18-17(16-12-14(3)8-9-15(16)4)20(23)25-21(18)10-6-5-7-11-21/h8-9,12-13H,5-7,10-11H2,1-4H3. The number of hydrogen-bond donors (Lipinski definition) is 0. The summed E-state index contributed by atoms with van der Waals surface area (Å²) in [6.07, 6.45) is 5.13. The molecule has 1 aliphatic heterocycles. The van der Waals surface area contributed by atoms with E-state index in [0.29, 0.717) is 11.3 Å². The Balaban J connectivity index is 2.16. The first-order chi connectivity index (χ1) is 11.8. The lowest BCUT2D eigenvalue weighted by atomic mass is 9.84. The SMILES string of the molecule is Cc1ccc(C)c(C2=C(OC(=O)C(C)C)C3(CCCCC3)SC2=O)c1. The molecular weight excluding hydrogens is 332 g/mol. The Morgan fingerprint density at radius 2 is 1.84 bits per heavy atom. The largest absolute Gasteiger partial charge is 0.429 e. The van der Waals surface area contributed by atoms with Crippen LogP contribution >= 0.6 is 11.8 Å². The van der Waals surface area contributed by atoms with Gasteiger partial charge in [0.25, 0.3) is 0 Å². The molecule has 1 spiro atoms. The molecule has 0 saturated heterocycles. The number of rotatable bonds is 3. The zero-order valence-corrected chi connectivity index (χ0v) is 16.3. The molecule has 1 aromatic rings. The topological polar surface area (TPSA) is 43.4 Å². The van der Waals surface area contributed by atoms with Gasteiger partial charge in [0.1, 0.15) is 5.76 Å². The molecule has 0 bridgehead atoms. The highest BCUT2D eigenvalue weighted by atomic mass is 32.2. The fraction of sp³-hybridized carbons (Fsp3) is 0.524. The Labute approximate surface area is 154 Å². The Hall–Kier alpha value is -1.55. The van der Waals surface area contributed by atoms with E-state index in [-0.39, 0.29) is 21.7 Å². The summed E-state index contributed by atoms with van der Waals surface area (Å²) in [6, 6.07) is 6.11. The van der Waals surface area contributed by atoms with Crippen LogP contribution in [0.5, 0.6) is 0 Å². The maximum atomic E-state index is 13.0. The molecular formula is C21H26O3S. The van der Waals surface area contributed by atoms with Crippen LogP contribution in [-0.2, 0) is 14.3 Å². The van der Waals surface area contributed by atoms with E-state index in [1.807, 2.05) is 45.9 Å². The second-order valence-electron chi connectivity index (χ2n) is 7.54. The first-order valence-corrected chi connectivity index (χ1v) is 9.93. The van der Waals surface area contributed by atoms with Crippen LogP contribution in [0.15, 0.2) is 24.0 Å². The fourth-order valence-corrected chi connectivity index (χ4v) is 5.04. The minimum absolute atomic E-state index is 0.0437. The molecule has 0 aromatic heterocycles. The van der Waals surface area contributed by atoms with Crippen molar-refractivity contribution in [2.45, 2.75) is 64.5 Å². The molecule has 0 atom stereocenters. The zero-order valence-electron chi connectivity index (χ0n) is 15.5. The monoisotopic (exact) mass is 358 g/mol. The van der Waals surface area contributed by atoms with Crippen molar-refractivity contribution in [2.75, 3.05) is 0 Å². The van der Waals surface area contributed by atoms with Gasteiger partial charge < -0.3 is 4.74 Å². The molecule has 1 fully saturated rings. The van der Waals surface area contributed by atoms with Crippen LogP contribution in [0.1, 0.15) is 62.6 Å². The Kier molecular flexibility index (Phi) is 5.10. The van der Waals surface area contributed by atoms with Gasteiger partial charge in [-0.05, 0) is 37.8 Å². The molecule has 0 radical (unpaired) electrons. The summed E-state index contributed by atoms with van der Waals surface area (Å²) in [5, 5.41) is 0.0437. The third-order valence-electron chi connectivity index (χ3n) is 5.13. The fourth-order valence-electron chi connectivity index (χ4n) is 3.65. The third-order valence-corrected chi connectivity index (χ3v) is 6.50. The summed E-state index contributed by atoms with van der Waals surface area (Å²) in [5.41, 5.74) is 3.67. The number of aryl methyl sites for hydroxylation is 2. The van der Waals surface area contributed by atoms with Crippen LogP contribution in [0.3, 0.4) is 0 Å². The maximum absolute atomic E-state index is 13.0. The first kappa shape index (κ1) is 18.2. The molecule has 1 aromatic carbocycles. The summed E-state index contributed by atoms with van der Waals surface area (Å²) in [6.45, 7) is 7.69. The molecule has 3 rings (SSSR count). The number of carbonyl (C=O) groups excluding carboxylic acids is 2. The summed E-state index contributed by atoms with van der Waals surface area (Å²) < 4.78 is 5.54. The van der Waals surface area contributed by atoms with Gasteiger partial charge in [0.15, 0.2) is 0 Å². The minimum Gasteiger partial charge on any atom is -0.429 e. The number of thioether (sulfide) groups is 1. The maximum Gasteiger partial charge on any atom is 0.313 e. The Morgan fingerprint density at radius 3 is 2.48 bits per heavy atom. The van der Waals surface area contributed by atoms with Crippen molar-refractivity contribution in [3.8, 4) is 0 Å². The lowest BCUT2D eigenvalue weighted by Gasteiger charge is -2.33. The third kappa shape index (κ3) is 3.41. The van der Waals surface area contributed by atoms with Crippen molar-refractivity contribution in [1.29, 1.82) is 0 Å². The average Bonchev–Trinajstić information content (AvgIpc) is 2.81. The highest BCUT2D eigenvalue weighted by Gasteiger charge is 2.50. The summed E-state index contributed by atoms with van der Waals surface area (Å²) >= 11 is 1.38. The van der Waals surface area contributed by atoms with E-state index in [4.69, 9.17) is 4.74 Å². The quantitative estimate of drug-likeness (QED) is 0.697. The molecule has 0 amide bonds. The van der Waals surface area contributed by atoms with Crippen LogP contribution in [-0.4, -0.2) is 15.8 Å². The van der Waals surface area contributed by atoms with Crippen molar-refractivity contribution in [1.82, 2.24) is 0 Å². The molecule has 134 valence electrons. The second kappa shape index (κ2) is 6.99. The van der Waals surface area contributed by atoms with E-state index in [1.54, 1.807) is 0 Å². The highest BCUT2D eigenvalue weighted by Crippen LogP contribution is 2.55. The molecule has 1 saturated carbocycles. The predicted molar refractivity (Wildman–Crippen MR) is 102 cm³/mol. The molecule has 25 heavy (non-hydrogen) atoms. The van der Waals surface area contributed by atoms with Crippen LogP contribution in [0.2, 0.25) is 0 Å². The van der Waals surface area contributed by atoms with Crippen molar-refractivity contribution in [3.63, 3.8) is 0 Å². The van der Waals surface area contributed by atoms with Crippen molar-refractivity contribution in [3.05, 3.63) is 40.6 Å². The van der Waals surface area contributed by atoms with E-state index in [1.165, 1.54) is 18.2 Å². The van der Waals surface area contributed by atoms with Crippen LogP contribution in [0, 0.1) is 19.8 Å². The first-order valence-electron chi connectivity index (χ1n) is 9.11. The lowest BCUT2D eigenvalue weighted by Crippen LogP contribution is -2.31. The molecule has 1 aliphatic carbocycles. The van der Waals surface area contributed by atoms with E-state index < -0.39 is 0 Å². The average molecular weight is 359 g/mol. The minimum atomic E-state index is -0.356. The molecule has 3 nitrogen and oxygen atoms in total. The van der Waals surface area contributed by atoms with Crippen LogP contribution in [0.4, 0.5) is 0 Å². The normalized spacial score (nSPS) is 19.8. The van der Waals surface area contributed by atoms with Crippen LogP contribution < -0.4 is 0 Å². The number of ether oxygens (including phenoxy) is 1. The Bertz CT molecular complexity index is 740. The van der Waals surface area contributed by atoms with Gasteiger partial charge in [0.2, 0.25) is 5.12 Å². The van der Waals surface area contributed by atoms with Gasteiger partial charge in [-0.1, -0.05) is 68.6 Å². The smallest absolute Gasteiger partial charge is 0.313 e. The predicted octanol–water partition coefficient (Wildman–Crippen LogP) is 5.19. The zero-order chi connectivity index (χ0) is 18.2. The van der Waals surface area contributed by atoms with Gasteiger partial charge >= 0.3 is 5.97 Å². The number of hydrogen-bond acceptors (Lipinski definition) is 4. The summed E-state index contributed by atoms with van der Waals surface area (Å²) in [4.78, 5) is 25.4. The van der Waals surface area contributed by atoms with Crippen molar-refractivity contribution >= 4 is 28.4 Å². The van der Waals surface area contributed by atoms with Gasteiger partial charge in [-0.15, -0.1) is 0 Å². The van der Waals surface area contributed by atoms with Gasteiger partial charge in [0, 0.05) is 0 Å². The highest BCUT2D eigenvalue weighted by molar-refractivity contribution is 8.16. The molecule has 2 aliphatic rings. The molecule has 1 heterocycles. The summed E-state index contributed by atoms with van der Waals surface area (Å²) in [5.74, 6) is 0.154. The van der Waals surface area contributed by atoms with E-state index >= 15 is 0 Å². The van der Waals surface area contributed by atoms with E-state index in [0.717, 1.165) is 42.4 Å². The second-order valence-corrected chi connectivity index (χ2v) is 8.90. The van der Waals surface area contributed by atoms with E-state index in [9.17, 15) is 9.59 Å². The number of benzene rings is 1. The van der Waals surface area contributed by atoms with Crippen LogP contribution in [0.25, 0.3) is 5.57 Å². The van der Waals surface area contributed by atoms with Gasteiger partial charge in [-0.3, -0.25) is 9.59 Å². The molecule has 0 N–H and O–H groups in total. The molecule has 0 unspecified atom stereocenters. The number of carbonyl (C=O) groups is 2. The number of esters is 1. The summed E-state index contributed by atoms with van der Waals surface area (Å²) in [7, 11) is 0. The van der Waals surface area contributed by atoms with Crippen molar-refractivity contribution in [2.24, 2.45) is 5.92 Å². The van der Waals surface area contributed by atoms with Crippen molar-refractivity contribution < 1.29 is 14.3 Å². The lowest BCUT2D eigenvalue weighted by molar-refractivity contribution is -0.143. The van der Waals surface area contributed by atoms with E-state index in [2.05, 4.69) is 0 Å². The van der Waals surface area contributed by atoms with Gasteiger partial charge in [-0.25, -0.2) is 0 Å². The van der Waals surface area contributed by atoms with Gasteiger partial charge in [-0.2, -0.15) is 0 Å².